The molecule has 1 fully saturated rings. The quantitative estimate of drug-likeness (QED) is 0.0506. The summed E-state index contributed by atoms with van der Waals surface area (Å²) in [6, 6.07) is 0. The highest BCUT2D eigenvalue weighted by molar-refractivity contribution is 5.69. The highest BCUT2D eigenvalue weighted by atomic mass is 16.5. The van der Waals surface area contributed by atoms with Crippen LogP contribution in [0.1, 0.15) is 220 Å². The van der Waals surface area contributed by atoms with Crippen LogP contribution in [0.5, 0.6) is 0 Å². The molecule has 0 aromatic rings. The van der Waals surface area contributed by atoms with Crippen molar-refractivity contribution in [2.24, 2.45) is 11.3 Å². The molecule has 0 unspecified atom stereocenters. The minimum Gasteiger partial charge on any atom is -0.466 e. The number of carbonyl (C=O) groups excluding carboxylic acids is 2. The number of hydrogen-bond donors (Lipinski definition) is 1. The summed E-state index contributed by atoms with van der Waals surface area (Å²) in [4.78, 5) is 27.1. The third-order valence-electron chi connectivity index (χ3n) is 11.2. The van der Waals surface area contributed by atoms with E-state index in [1.54, 1.807) is 0 Å². The molecule has 0 atom stereocenters. The zero-order valence-electron chi connectivity index (χ0n) is 33.8. The highest BCUT2D eigenvalue weighted by Gasteiger charge is 2.41. The van der Waals surface area contributed by atoms with Gasteiger partial charge in [-0.3, -0.25) is 9.59 Å². The van der Waals surface area contributed by atoms with Gasteiger partial charge in [-0.2, -0.15) is 0 Å². The molecule has 0 saturated heterocycles. The Labute approximate surface area is 311 Å². The number of esters is 2. The minimum absolute atomic E-state index is 0.0127. The van der Waals surface area contributed by atoms with Crippen LogP contribution < -0.4 is 0 Å². The first-order chi connectivity index (χ1) is 24.5. The third-order valence-corrected chi connectivity index (χ3v) is 11.2. The largest absolute Gasteiger partial charge is 0.466 e. The topological polar surface area (TPSA) is 76.1 Å². The van der Waals surface area contributed by atoms with Gasteiger partial charge in [0.1, 0.15) is 0 Å². The Morgan fingerprint density at radius 2 is 1.02 bits per heavy atom. The van der Waals surface area contributed by atoms with E-state index in [4.69, 9.17) is 9.47 Å². The Morgan fingerprint density at radius 1 is 0.540 bits per heavy atom. The number of unbranched alkanes of at least 4 members (excludes halogenated alkanes) is 15. The third kappa shape index (κ3) is 28.4. The molecule has 6 heteroatoms. The molecule has 6 nitrogen and oxygen atoms in total. The van der Waals surface area contributed by atoms with E-state index in [0.29, 0.717) is 31.5 Å². The second-order valence-electron chi connectivity index (χ2n) is 16.0. The van der Waals surface area contributed by atoms with Crippen LogP contribution in [0.4, 0.5) is 0 Å². The van der Waals surface area contributed by atoms with Gasteiger partial charge in [-0.25, -0.2) is 0 Å². The molecule has 0 bridgehead atoms. The average Bonchev–Trinajstić information content (AvgIpc) is 3.90. The zero-order chi connectivity index (χ0) is 36.4. The number of rotatable bonds is 39. The van der Waals surface area contributed by atoms with E-state index in [-0.39, 0.29) is 18.5 Å². The van der Waals surface area contributed by atoms with Crippen LogP contribution in [0.3, 0.4) is 0 Å². The molecular weight excluding hydrogens is 622 g/mol. The highest BCUT2D eigenvalue weighted by Crippen LogP contribution is 2.53. The molecular formula is C44H85NO5. The lowest BCUT2D eigenvalue weighted by atomic mass is 9.91. The maximum absolute atomic E-state index is 12.5. The lowest BCUT2D eigenvalue weighted by molar-refractivity contribution is -0.145. The van der Waals surface area contributed by atoms with Crippen molar-refractivity contribution in [2.75, 3.05) is 39.5 Å². The molecule has 0 aromatic heterocycles. The van der Waals surface area contributed by atoms with Gasteiger partial charge in [0.25, 0.3) is 0 Å². The first-order valence-electron chi connectivity index (χ1n) is 22.1. The van der Waals surface area contributed by atoms with Gasteiger partial charge in [-0.05, 0) is 95.1 Å². The van der Waals surface area contributed by atoms with Crippen molar-refractivity contribution in [2.45, 2.75) is 220 Å². The fourth-order valence-electron chi connectivity index (χ4n) is 7.52. The van der Waals surface area contributed by atoms with Gasteiger partial charge in [0.15, 0.2) is 0 Å². The van der Waals surface area contributed by atoms with Gasteiger partial charge in [0, 0.05) is 26.0 Å². The smallest absolute Gasteiger partial charge is 0.305 e. The van der Waals surface area contributed by atoms with Crippen molar-refractivity contribution in [3.8, 4) is 0 Å². The summed E-state index contributed by atoms with van der Waals surface area (Å²) in [6.07, 6.45) is 36.2. The van der Waals surface area contributed by atoms with Crippen LogP contribution in [0.25, 0.3) is 0 Å². The molecule has 0 radical (unpaired) electrons. The Kier molecular flexibility index (Phi) is 31.6. The number of aliphatic hydroxyl groups is 1. The second kappa shape index (κ2) is 33.7. The van der Waals surface area contributed by atoms with Crippen molar-refractivity contribution in [3.63, 3.8) is 0 Å². The first-order valence-corrected chi connectivity index (χ1v) is 22.1. The van der Waals surface area contributed by atoms with E-state index in [1.165, 1.54) is 148 Å². The first kappa shape index (κ1) is 46.9. The lowest BCUT2D eigenvalue weighted by Gasteiger charge is -2.22. The summed E-state index contributed by atoms with van der Waals surface area (Å²) in [7, 11) is 0. The summed E-state index contributed by atoms with van der Waals surface area (Å²) in [5.41, 5.74) is 0.388. The fourth-order valence-corrected chi connectivity index (χ4v) is 7.52. The summed E-state index contributed by atoms with van der Waals surface area (Å²) in [5.74, 6) is 0.793. The monoisotopic (exact) mass is 708 g/mol. The number of aliphatic hydroxyl groups excluding tert-OH is 1. The van der Waals surface area contributed by atoms with E-state index in [2.05, 4.69) is 25.7 Å². The van der Waals surface area contributed by atoms with Crippen LogP contribution in [0.15, 0.2) is 0 Å². The average molecular weight is 708 g/mol. The number of hydrogen-bond acceptors (Lipinski definition) is 6. The fraction of sp³-hybridized carbons (Fsp3) is 0.955. The second-order valence-corrected chi connectivity index (χ2v) is 16.0. The number of nitrogens with zero attached hydrogens (tertiary/aromatic N) is 1. The summed E-state index contributed by atoms with van der Waals surface area (Å²) < 4.78 is 11.1. The van der Waals surface area contributed by atoms with E-state index >= 15 is 0 Å². The maximum atomic E-state index is 12.5. The molecule has 1 saturated carbocycles. The molecule has 296 valence electrons. The van der Waals surface area contributed by atoms with E-state index in [9.17, 15) is 14.7 Å². The van der Waals surface area contributed by atoms with E-state index in [1.807, 2.05) is 0 Å². The van der Waals surface area contributed by atoms with E-state index in [0.717, 1.165) is 64.1 Å². The Hall–Kier alpha value is -1.14. The normalized spacial score (nSPS) is 13.7. The molecule has 1 N–H and O–H groups in total. The van der Waals surface area contributed by atoms with Crippen LogP contribution in [-0.4, -0.2) is 61.4 Å². The predicted octanol–water partition coefficient (Wildman–Crippen LogP) is 12.1. The Bertz CT molecular complexity index is 760. The van der Waals surface area contributed by atoms with Crippen LogP contribution in [-0.2, 0) is 19.1 Å². The SMILES string of the molecule is CCCCCCCCCOC(=O)CCCCCCCN(CCCO)CCCCC1(CCC(=O)OCCCC(CCCCC)CCCCC)CC1. The lowest BCUT2D eigenvalue weighted by Crippen LogP contribution is -2.28. The molecule has 50 heavy (non-hydrogen) atoms. The zero-order valence-corrected chi connectivity index (χ0v) is 33.8. The number of carbonyl (C=O) groups is 2. The molecule has 0 heterocycles. The summed E-state index contributed by atoms with van der Waals surface area (Å²) >= 11 is 0. The standard InChI is InChI=1S/C44H85NO5/c1-4-7-10-11-12-16-23-39-49-42(47)29-19-14-13-15-21-35-45(37-25-38-46)36-22-20-31-44(33-34-44)32-30-43(48)50-40-24-28-41(26-17-8-5-2)27-18-9-6-3/h41,46H,4-40H2,1-3H3. The van der Waals surface area contributed by atoms with Gasteiger partial charge >= 0.3 is 11.9 Å². The van der Waals surface area contributed by atoms with Crippen molar-refractivity contribution in [1.82, 2.24) is 4.90 Å². The van der Waals surface area contributed by atoms with Gasteiger partial charge in [0.05, 0.1) is 13.2 Å². The summed E-state index contributed by atoms with van der Waals surface area (Å²) in [6.45, 7) is 11.4. The number of ether oxygens (including phenoxy) is 2. The van der Waals surface area contributed by atoms with Crippen molar-refractivity contribution >= 4 is 11.9 Å². The maximum Gasteiger partial charge on any atom is 0.305 e. The molecule has 1 aliphatic rings. The Morgan fingerprint density at radius 3 is 1.64 bits per heavy atom. The van der Waals surface area contributed by atoms with Gasteiger partial charge in [-0.15, -0.1) is 0 Å². The molecule has 0 aliphatic heterocycles. The Balaban J connectivity index is 2.11. The molecule has 1 rings (SSSR count). The summed E-state index contributed by atoms with van der Waals surface area (Å²) in [5, 5.41) is 9.41. The van der Waals surface area contributed by atoms with Crippen LogP contribution >= 0.6 is 0 Å². The van der Waals surface area contributed by atoms with Crippen molar-refractivity contribution in [3.05, 3.63) is 0 Å². The van der Waals surface area contributed by atoms with Crippen LogP contribution in [0.2, 0.25) is 0 Å². The van der Waals surface area contributed by atoms with Gasteiger partial charge in [-0.1, -0.05) is 136 Å². The van der Waals surface area contributed by atoms with E-state index < -0.39 is 0 Å². The van der Waals surface area contributed by atoms with Crippen LogP contribution in [0, 0.1) is 11.3 Å². The van der Waals surface area contributed by atoms with Gasteiger partial charge in [0.2, 0.25) is 0 Å². The van der Waals surface area contributed by atoms with Crippen molar-refractivity contribution < 1.29 is 24.2 Å². The predicted molar refractivity (Wildman–Crippen MR) is 212 cm³/mol. The molecule has 1 aliphatic carbocycles. The van der Waals surface area contributed by atoms with Crippen molar-refractivity contribution in [1.29, 1.82) is 0 Å². The molecule has 0 spiro atoms. The van der Waals surface area contributed by atoms with Gasteiger partial charge < -0.3 is 19.5 Å². The molecule has 0 amide bonds. The molecule has 0 aromatic carbocycles. The minimum atomic E-state index is -0.0241.